The number of rotatable bonds is 3. The SMILES string of the molecule is O=C(Nc1ccccc1C(F)(F)F)c1cccc(N2C(=O)[C@H]3C[C@H](Br)[C@@H](Br)C[C@H]3C2=O)c1. The molecule has 0 unspecified atom stereocenters. The van der Waals surface area contributed by atoms with Gasteiger partial charge in [-0.25, -0.2) is 0 Å². The number of amides is 3. The summed E-state index contributed by atoms with van der Waals surface area (Å²) in [6, 6.07) is 10.4. The van der Waals surface area contributed by atoms with Crippen molar-refractivity contribution in [1.29, 1.82) is 0 Å². The van der Waals surface area contributed by atoms with Crippen LogP contribution >= 0.6 is 31.9 Å². The van der Waals surface area contributed by atoms with Crippen molar-refractivity contribution in [2.24, 2.45) is 11.8 Å². The second-order valence-corrected chi connectivity index (χ2v) is 10.1. The zero-order chi connectivity index (χ0) is 23.2. The topological polar surface area (TPSA) is 66.5 Å². The summed E-state index contributed by atoms with van der Waals surface area (Å²) < 4.78 is 39.7. The predicted molar refractivity (Wildman–Crippen MR) is 120 cm³/mol. The van der Waals surface area contributed by atoms with E-state index in [0.29, 0.717) is 12.8 Å². The quantitative estimate of drug-likeness (QED) is 0.396. The molecule has 168 valence electrons. The number of fused-ring (bicyclic) bond motifs is 1. The maximum Gasteiger partial charge on any atom is 0.418 e. The summed E-state index contributed by atoms with van der Waals surface area (Å²) in [6.07, 6.45) is -3.61. The molecule has 5 nitrogen and oxygen atoms in total. The highest BCUT2D eigenvalue weighted by molar-refractivity contribution is 9.12. The largest absolute Gasteiger partial charge is 0.418 e. The maximum absolute atomic E-state index is 13.2. The van der Waals surface area contributed by atoms with Gasteiger partial charge in [-0.1, -0.05) is 50.1 Å². The molecule has 1 saturated carbocycles. The Balaban J connectivity index is 1.59. The van der Waals surface area contributed by atoms with E-state index in [1.807, 2.05) is 0 Å². The molecule has 2 aromatic carbocycles. The molecule has 1 N–H and O–H groups in total. The van der Waals surface area contributed by atoms with E-state index in [1.54, 1.807) is 0 Å². The Morgan fingerprint density at radius 3 is 2.12 bits per heavy atom. The van der Waals surface area contributed by atoms with E-state index in [4.69, 9.17) is 0 Å². The first-order chi connectivity index (χ1) is 15.1. The van der Waals surface area contributed by atoms with E-state index >= 15 is 0 Å². The molecule has 4 atom stereocenters. The van der Waals surface area contributed by atoms with Crippen molar-refractivity contribution in [3.63, 3.8) is 0 Å². The van der Waals surface area contributed by atoms with Crippen LogP contribution in [0, 0.1) is 11.8 Å². The van der Waals surface area contributed by atoms with E-state index < -0.39 is 29.5 Å². The fourth-order valence-corrected chi connectivity index (χ4v) is 5.41. The molecule has 2 fully saturated rings. The van der Waals surface area contributed by atoms with Gasteiger partial charge in [-0.15, -0.1) is 0 Å². The van der Waals surface area contributed by atoms with Crippen LogP contribution in [-0.2, 0) is 15.8 Å². The van der Waals surface area contributed by atoms with Crippen LogP contribution in [0.25, 0.3) is 0 Å². The number of carbonyl (C=O) groups is 3. The number of nitrogens with one attached hydrogen (secondary N) is 1. The normalized spacial score (nSPS) is 25.6. The van der Waals surface area contributed by atoms with Crippen LogP contribution in [0.1, 0.15) is 28.8 Å². The average Bonchev–Trinajstić information content (AvgIpc) is 2.97. The number of anilines is 2. The highest BCUT2D eigenvalue weighted by Crippen LogP contribution is 2.44. The van der Waals surface area contributed by atoms with Gasteiger partial charge in [-0.3, -0.25) is 19.3 Å². The zero-order valence-electron chi connectivity index (χ0n) is 16.4. The Morgan fingerprint density at radius 1 is 0.938 bits per heavy atom. The van der Waals surface area contributed by atoms with Crippen LogP contribution in [0.3, 0.4) is 0 Å². The van der Waals surface area contributed by atoms with Crippen molar-refractivity contribution in [3.05, 3.63) is 59.7 Å². The number of alkyl halides is 5. The van der Waals surface area contributed by atoms with Gasteiger partial charge < -0.3 is 5.32 Å². The smallest absolute Gasteiger partial charge is 0.321 e. The number of carbonyl (C=O) groups excluding carboxylic acids is 3. The van der Waals surface area contributed by atoms with Crippen molar-refractivity contribution in [2.75, 3.05) is 10.2 Å². The van der Waals surface area contributed by atoms with Gasteiger partial charge in [0.15, 0.2) is 0 Å². The Kier molecular flexibility index (Phi) is 6.19. The molecule has 3 amide bonds. The third kappa shape index (κ3) is 4.22. The van der Waals surface area contributed by atoms with Gasteiger partial charge in [0.25, 0.3) is 5.91 Å². The lowest BCUT2D eigenvalue weighted by molar-refractivity contribution is -0.137. The molecule has 0 radical (unpaired) electrons. The highest BCUT2D eigenvalue weighted by Gasteiger charge is 2.52. The molecule has 0 aromatic heterocycles. The van der Waals surface area contributed by atoms with Gasteiger partial charge in [0.2, 0.25) is 11.8 Å². The van der Waals surface area contributed by atoms with E-state index in [1.165, 1.54) is 36.4 Å². The lowest BCUT2D eigenvalue weighted by Gasteiger charge is -2.29. The van der Waals surface area contributed by atoms with Gasteiger partial charge in [-0.05, 0) is 43.2 Å². The number of para-hydroxylation sites is 1. The average molecular weight is 574 g/mol. The summed E-state index contributed by atoms with van der Waals surface area (Å²) in [6.45, 7) is 0. The highest BCUT2D eigenvalue weighted by atomic mass is 79.9. The second kappa shape index (κ2) is 8.62. The number of hydrogen-bond acceptors (Lipinski definition) is 3. The summed E-state index contributed by atoms with van der Waals surface area (Å²) in [7, 11) is 0. The molecule has 0 spiro atoms. The molecule has 10 heteroatoms. The number of benzene rings is 2. The first-order valence-electron chi connectivity index (χ1n) is 9.81. The van der Waals surface area contributed by atoms with Crippen molar-refractivity contribution in [2.45, 2.75) is 28.7 Å². The molecule has 1 aliphatic carbocycles. The van der Waals surface area contributed by atoms with Crippen LogP contribution in [0.2, 0.25) is 0 Å². The number of hydrogen-bond donors (Lipinski definition) is 1. The molecule has 1 heterocycles. The minimum Gasteiger partial charge on any atom is -0.321 e. The summed E-state index contributed by atoms with van der Waals surface area (Å²) in [5.41, 5.74) is -1.08. The van der Waals surface area contributed by atoms with Crippen molar-refractivity contribution >= 4 is 61.0 Å². The molecule has 32 heavy (non-hydrogen) atoms. The predicted octanol–water partition coefficient (Wildman–Crippen LogP) is 5.38. The van der Waals surface area contributed by atoms with Crippen LogP contribution in [0.5, 0.6) is 0 Å². The second-order valence-electron chi connectivity index (χ2n) is 7.78. The monoisotopic (exact) mass is 572 g/mol. The van der Waals surface area contributed by atoms with Crippen molar-refractivity contribution < 1.29 is 27.6 Å². The molecule has 2 aromatic rings. The summed E-state index contributed by atoms with van der Waals surface area (Å²) in [5, 5.41) is 2.28. The summed E-state index contributed by atoms with van der Waals surface area (Å²) in [4.78, 5) is 39.8. The van der Waals surface area contributed by atoms with E-state index in [9.17, 15) is 27.6 Å². The molecule has 4 rings (SSSR count). The lowest BCUT2D eigenvalue weighted by atomic mass is 9.81. The Hall–Kier alpha value is -2.20. The third-order valence-electron chi connectivity index (χ3n) is 5.76. The summed E-state index contributed by atoms with van der Waals surface area (Å²) >= 11 is 7.07. The maximum atomic E-state index is 13.2. The van der Waals surface area contributed by atoms with Gasteiger partial charge in [0.1, 0.15) is 0 Å². The van der Waals surface area contributed by atoms with Crippen molar-refractivity contribution in [3.8, 4) is 0 Å². The molecule has 1 saturated heterocycles. The van der Waals surface area contributed by atoms with Crippen LogP contribution in [0.15, 0.2) is 48.5 Å². The lowest BCUT2D eigenvalue weighted by Crippen LogP contribution is -2.34. The fraction of sp³-hybridized carbons (Fsp3) is 0.318. The standard InChI is InChI=1S/C22H17Br2F3N2O3/c23-16-9-13-14(10-17(16)24)21(32)29(20(13)31)12-5-3-4-11(8-12)19(30)28-18-7-2-1-6-15(18)22(25,26)27/h1-8,13-14,16-17H,9-10H2,(H,28,30)/t13-,14+,16-,17-/m0/s1. The summed E-state index contributed by atoms with van der Waals surface area (Å²) in [5.74, 6) is -2.33. The van der Waals surface area contributed by atoms with E-state index in [-0.39, 0.29) is 38.4 Å². The Bertz CT molecular complexity index is 1060. The van der Waals surface area contributed by atoms with Gasteiger partial charge in [0.05, 0.1) is 28.8 Å². The Labute approximate surface area is 198 Å². The molecule has 2 aliphatic rings. The Morgan fingerprint density at radius 2 is 1.53 bits per heavy atom. The van der Waals surface area contributed by atoms with Crippen LogP contribution in [-0.4, -0.2) is 27.4 Å². The van der Waals surface area contributed by atoms with E-state index in [0.717, 1.165) is 17.0 Å². The van der Waals surface area contributed by atoms with Crippen molar-refractivity contribution in [1.82, 2.24) is 0 Å². The minimum absolute atomic E-state index is 0.0340. The van der Waals surface area contributed by atoms with Crippen LogP contribution < -0.4 is 10.2 Å². The molecule has 0 bridgehead atoms. The first-order valence-corrected chi connectivity index (χ1v) is 11.6. The van der Waals surface area contributed by atoms with Gasteiger partial charge >= 0.3 is 6.18 Å². The number of halogens is 5. The molecular formula is C22H17Br2F3N2O3. The van der Waals surface area contributed by atoms with Gasteiger partial charge in [-0.2, -0.15) is 13.2 Å². The number of imide groups is 1. The molecular weight excluding hydrogens is 557 g/mol. The van der Waals surface area contributed by atoms with E-state index in [2.05, 4.69) is 37.2 Å². The fourth-order valence-electron chi connectivity index (χ4n) is 4.17. The number of nitrogens with zero attached hydrogens (tertiary/aromatic N) is 1. The minimum atomic E-state index is -4.63. The first kappa shape index (κ1) is 23.0. The van der Waals surface area contributed by atoms with Gasteiger partial charge in [0, 0.05) is 15.2 Å². The van der Waals surface area contributed by atoms with Crippen LogP contribution in [0.4, 0.5) is 24.5 Å². The zero-order valence-corrected chi connectivity index (χ0v) is 19.6. The third-order valence-corrected chi connectivity index (χ3v) is 8.49. The molecule has 1 aliphatic heterocycles.